The van der Waals surface area contributed by atoms with E-state index in [9.17, 15) is 33.7 Å². The molecule has 188 valence electrons. The van der Waals surface area contributed by atoms with E-state index in [4.69, 9.17) is 0 Å². The number of rotatable bonds is 14. The Labute approximate surface area is 192 Å². The van der Waals surface area contributed by atoms with Gasteiger partial charge in [-0.2, -0.15) is 0 Å². The van der Waals surface area contributed by atoms with Gasteiger partial charge in [0, 0.05) is 0 Å². The molecule has 32 heavy (non-hydrogen) atoms. The monoisotopic (exact) mass is 536 g/mol. The molecule has 0 unspecified atom stereocenters. The van der Waals surface area contributed by atoms with Gasteiger partial charge in [0.15, 0.2) is 0 Å². The fourth-order valence-electron chi connectivity index (χ4n) is 2.06. The molecule has 0 saturated heterocycles. The van der Waals surface area contributed by atoms with Gasteiger partial charge in [-0.15, -0.1) is 26.3 Å². The molecule has 16 heteroatoms. The zero-order chi connectivity index (χ0) is 26.0. The molecule has 0 saturated carbocycles. The minimum absolute atomic E-state index is 0.776. The first-order valence-electron chi connectivity index (χ1n) is 8.57. The molecule has 0 aliphatic rings. The minimum Gasteiger partial charge on any atom is -0.213 e. The first-order valence-corrected chi connectivity index (χ1v) is 16.1. The van der Waals surface area contributed by atoms with Crippen LogP contribution in [-0.4, -0.2) is 82.9 Å². The smallest absolute Gasteiger partial charge is 0.209 e. The maximum Gasteiger partial charge on any atom is 0.209 e. The summed E-state index contributed by atoms with van der Waals surface area (Å²) >= 11 is 0. The number of hydrogen-bond donors (Lipinski definition) is 4. The number of sulfonamides is 4. The highest BCUT2D eigenvalue weighted by atomic mass is 32.2. The number of nitrogens with one attached hydrogen (secondary N) is 4. The van der Waals surface area contributed by atoms with Gasteiger partial charge in [0.2, 0.25) is 40.1 Å². The first kappa shape index (κ1) is 32.8. The summed E-state index contributed by atoms with van der Waals surface area (Å²) in [7, 11) is -13.8. The van der Waals surface area contributed by atoms with Crippen molar-refractivity contribution in [1.29, 1.82) is 0 Å². The molecule has 0 bridgehead atoms. The Balaban J connectivity index is 0. The average Bonchev–Trinajstić information content (AvgIpc) is 2.57. The van der Waals surface area contributed by atoms with Crippen molar-refractivity contribution in [3.05, 3.63) is 50.6 Å². The SMILES string of the molecule is C=C[C@H](NS(C)(=O)=O)[C@H](C=C)NS(C)(=O)=O.C=C[C@H](NS(C)(=O)=O)[C@H](C=C)NS(C)(=O)=O. The van der Waals surface area contributed by atoms with Gasteiger partial charge >= 0.3 is 0 Å². The van der Waals surface area contributed by atoms with Crippen molar-refractivity contribution in [3.8, 4) is 0 Å². The molecule has 0 aromatic rings. The van der Waals surface area contributed by atoms with E-state index in [2.05, 4.69) is 45.2 Å². The van der Waals surface area contributed by atoms with Crippen molar-refractivity contribution < 1.29 is 33.7 Å². The Hall–Kier alpha value is -1.40. The number of hydrogen-bond acceptors (Lipinski definition) is 8. The van der Waals surface area contributed by atoms with Crippen LogP contribution in [0.3, 0.4) is 0 Å². The molecule has 0 spiro atoms. The summed E-state index contributed by atoms with van der Waals surface area (Å²) in [4.78, 5) is 0. The molecule has 0 rings (SSSR count). The third-order valence-corrected chi connectivity index (χ3v) is 5.99. The summed E-state index contributed by atoms with van der Waals surface area (Å²) in [5.74, 6) is 0. The van der Waals surface area contributed by atoms with Crippen molar-refractivity contribution in [2.75, 3.05) is 25.0 Å². The highest BCUT2D eigenvalue weighted by Gasteiger charge is 2.22. The Kier molecular flexibility index (Phi) is 13.7. The van der Waals surface area contributed by atoms with Crippen LogP contribution in [0.25, 0.3) is 0 Å². The van der Waals surface area contributed by atoms with Crippen LogP contribution < -0.4 is 18.9 Å². The van der Waals surface area contributed by atoms with E-state index >= 15 is 0 Å². The highest BCUT2D eigenvalue weighted by molar-refractivity contribution is 7.89. The molecule has 0 fully saturated rings. The summed E-state index contributed by atoms with van der Waals surface area (Å²) in [6.45, 7) is 13.7. The van der Waals surface area contributed by atoms with Crippen molar-refractivity contribution in [3.63, 3.8) is 0 Å². The molecule has 4 N–H and O–H groups in total. The highest BCUT2D eigenvalue weighted by Crippen LogP contribution is 2.01. The summed E-state index contributed by atoms with van der Waals surface area (Å²) in [5, 5.41) is 0. The van der Waals surface area contributed by atoms with Crippen LogP contribution in [0.15, 0.2) is 50.6 Å². The summed E-state index contributed by atoms with van der Waals surface area (Å²) in [6, 6.07) is -3.10. The lowest BCUT2D eigenvalue weighted by Crippen LogP contribution is -2.49. The molecule has 0 aromatic heterocycles. The van der Waals surface area contributed by atoms with Gasteiger partial charge in [0.1, 0.15) is 0 Å². The van der Waals surface area contributed by atoms with Crippen LogP contribution in [-0.2, 0) is 40.1 Å². The Morgan fingerprint density at radius 2 is 0.562 bits per heavy atom. The lowest BCUT2D eigenvalue weighted by atomic mass is 10.1. The second-order valence-electron chi connectivity index (χ2n) is 6.61. The van der Waals surface area contributed by atoms with E-state index in [-0.39, 0.29) is 0 Å². The normalized spacial score (nSPS) is 16.4. The first-order chi connectivity index (χ1) is 14.2. The second-order valence-corrected chi connectivity index (χ2v) is 13.7. The van der Waals surface area contributed by atoms with E-state index < -0.39 is 64.3 Å². The van der Waals surface area contributed by atoms with Gasteiger partial charge in [-0.05, 0) is 0 Å². The second kappa shape index (κ2) is 13.3. The summed E-state index contributed by atoms with van der Waals surface area (Å²) in [6.07, 6.45) is 9.09. The van der Waals surface area contributed by atoms with Crippen LogP contribution in [0, 0.1) is 0 Å². The quantitative estimate of drug-likeness (QED) is 0.191. The van der Waals surface area contributed by atoms with Crippen LogP contribution in [0.4, 0.5) is 0 Å². The average molecular weight is 537 g/mol. The third-order valence-electron chi connectivity index (χ3n) is 3.19. The van der Waals surface area contributed by atoms with Gasteiger partial charge in [-0.25, -0.2) is 52.6 Å². The van der Waals surface area contributed by atoms with E-state index in [1.807, 2.05) is 0 Å². The molecule has 0 aliphatic heterocycles. The zero-order valence-corrected chi connectivity index (χ0v) is 21.6. The van der Waals surface area contributed by atoms with Crippen molar-refractivity contribution in [2.45, 2.75) is 24.2 Å². The standard InChI is InChI=1S/2C8H16N2O4S2/c2*1-5-7(9-15(3,11)12)8(6-2)10-16(4,13)14/h2*5-10H,1-2H2,3-4H3/t2*7-,8-/m00/s1. The molecular weight excluding hydrogens is 504 g/mol. The largest absolute Gasteiger partial charge is 0.213 e. The molecule has 0 radical (unpaired) electrons. The van der Waals surface area contributed by atoms with Crippen LogP contribution >= 0.6 is 0 Å². The van der Waals surface area contributed by atoms with E-state index in [1.54, 1.807) is 0 Å². The predicted molar refractivity (Wildman–Crippen MR) is 128 cm³/mol. The van der Waals surface area contributed by atoms with Crippen molar-refractivity contribution in [2.24, 2.45) is 0 Å². The minimum atomic E-state index is -3.45. The zero-order valence-electron chi connectivity index (χ0n) is 18.3. The van der Waals surface area contributed by atoms with E-state index in [1.165, 1.54) is 24.3 Å². The van der Waals surface area contributed by atoms with Crippen LogP contribution in [0.1, 0.15) is 0 Å². The van der Waals surface area contributed by atoms with E-state index in [0.29, 0.717) is 0 Å². The molecule has 0 aliphatic carbocycles. The van der Waals surface area contributed by atoms with Gasteiger partial charge in [0.25, 0.3) is 0 Å². The summed E-state index contributed by atoms with van der Waals surface area (Å²) in [5.41, 5.74) is 0. The van der Waals surface area contributed by atoms with Gasteiger partial charge in [-0.3, -0.25) is 0 Å². The fraction of sp³-hybridized carbons (Fsp3) is 0.500. The van der Waals surface area contributed by atoms with Crippen LogP contribution in [0.2, 0.25) is 0 Å². The molecule has 12 nitrogen and oxygen atoms in total. The maximum absolute atomic E-state index is 11.0. The third kappa shape index (κ3) is 18.2. The Morgan fingerprint density at radius 1 is 0.438 bits per heavy atom. The molecule has 0 amide bonds. The Bertz CT molecular complexity index is 905. The Morgan fingerprint density at radius 3 is 0.625 bits per heavy atom. The molecule has 0 heterocycles. The lowest BCUT2D eigenvalue weighted by Gasteiger charge is -2.21. The van der Waals surface area contributed by atoms with Crippen molar-refractivity contribution in [1.82, 2.24) is 18.9 Å². The fourth-order valence-corrected chi connectivity index (χ4v) is 5.01. The topological polar surface area (TPSA) is 185 Å². The predicted octanol–water partition coefficient (Wildman–Crippen LogP) is -1.61. The summed E-state index contributed by atoms with van der Waals surface area (Å²) < 4.78 is 97.1. The van der Waals surface area contributed by atoms with Gasteiger partial charge < -0.3 is 0 Å². The maximum atomic E-state index is 11.0. The van der Waals surface area contributed by atoms with Crippen LogP contribution in [0.5, 0.6) is 0 Å². The van der Waals surface area contributed by atoms with Gasteiger partial charge in [-0.1, -0.05) is 24.3 Å². The van der Waals surface area contributed by atoms with Crippen molar-refractivity contribution >= 4 is 40.1 Å². The van der Waals surface area contributed by atoms with Gasteiger partial charge in [0.05, 0.1) is 49.2 Å². The molecular formula is C16H32N4O8S4. The molecule has 4 atom stereocenters. The van der Waals surface area contributed by atoms with E-state index in [0.717, 1.165) is 25.0 Å². The lowest BCUT2D eigenvalue weighted by molar-refractivity contribution is 0.536. The molecule has 0 aromatic carbocycles.